The third kappa shape index (κ3) is 11.8. The lowest BCUT2D eigenvalue weighted by molar-refractivity contribution is -0.302. The number of aliphatic hydroxyl groups excluding tert-OH is 1. The Morgan fingerprint density at radius 2 is 1.63 bits per heavy atom. The van der Waals surface area contributed by atoms with Crippen LogP contribution in [0.25, 0.3) is 10.1 Å². The van der Waals surface area contributed by atoms with Crippen LogP contribution in [-0.4, -0.2) is 121 Å². The molecule has 0 spiro atoms. The zero-order chi connectivity index (χ0) is 47.2. The molecule has 2 aromatic rings. The molecule has 14 heteroatoms. The molecule has 4 heterocycles. The second kappa shape index (κ2) is 22.5. The molecule has 1 amide bonds. The molecule has 1 saturated carbocycles. The van der Waals surface area contributed by atoms with Crippen molar-refractivity contribution in [3.63, 3.8) is 0 Å². The maximum absolute atomic E-state index is 14.5. The van der Waals surface area contributed by atoms with Crippen LogP contribution in [0.1, 0.15) is 112 Å². The molecule has 1 aliphatic carbocycles. The number of fused-ring (bicyclic) bond motifs is 4. The molecule has 2 N–H and O–H groups in total. The summed E-state index contributed by atoms with van der Waals surface area (Å²) in [5, 5.41) is 26.0. The maximum Gasteiger partial charge on any atom is 0.329 e. The minimum atomic E-state index is -2.51. The van der Waals surface area contributed by atoms with E-state index in [0.717, 1.165) is 33.6 Å². The largest absolute Gasteiger partial charge is 0.478 e. The van der Waals surface area contributed by atoms with Crippen molar-refractivity contribution in [3.05, 3.63) is 53.6 Å². The van der Waals surface area contributed by atoms with Gasteiger partial charge in [0, 0.05) is 56.7 Å². The highest BCUT2D eigenvalue weighted by molar-refractivity contribution is 7.20. The number of methoxy groups -OCH3 is 3. The van der Waals surface area contributed by atoms with Crippen molar-refractivity contribution in [2.24, 2.45) is 29.6 Å². The Hall–Kier alpha value is -3.50. The molecule has 14 atom stereocenters. The summed E-state index contributed by atoms with van der Waals surface area (Å²) in [5.41, 5.74) is 1.70. The van der Waals surface area contributed by atoms with Crippen molar-refractivity contribution in [2.45, 2.75) is 167 Å². The van der Waals surface area contributed by atoms with Crippen molar-refractivity contribution in [2.75, 3.05) is 27.9 Å². The summed E-state index contributed by atoms with van der Waals surface area (Å²) >= 11 is 1.61. The number of piperidine rings is 1. The number of ether oxygens (including phenoxy) is 6. The van der Waals surface area contributed by atoms with Crippen LogP contribution >= 0.6 is 11.3 Å². The highest BCUT2D eigenvalue weighted by atomic mass is 32.1. The molecule has 3 fully saturated rings. The summed E-state index contributed by atoms with van der Waals surface area (Å²) in [4.78, 5) is 58.4. The van der Waals surface area contributed by atoms with E-state index in [2.05, 4.69) is 31.2 Å². The van der Waals surface area contributed by atoms with E-state index in [-0.39, 0.29) is 55.6 Å². The molecule has 0 radical (unpaired) electrons. The first-order valence-electron chi connectivity index (χ1n) is 23.8. The Bertz CT molecular complexity index is 2000. The Balaban J connectivity index is 1.30. The highest BCUT2D eigenvalue weighted by Crippen LogP contribution is 2.40. The number of thiophene rings is 1. The van der Waals surface area contributed by atoms with E-state index in [1.54, 1.807) is 46.5 Å². The predicted molar refractivity (Wildman–Crippen MR) is 248 cm³/mol. The first-order valence-corrected chi connectivity index (χ1v) is 24.6. The number of Topliss-reactive ketones (excluding diaryl/α,β-unsaturated/α-hetero) is 2. The topological polar surface area (TPSA) is 167 Å². The second-order valence-electron chi connectivity index (χ2n) is 19.3. The SMILES string of the molecule is CCC1/C=C(\C)CC(C)CC(OC)C2OC(O)(C(=O)C(=O)N3CCCCC3C(=O)OC(C(C)=CC3CCC(Oc4cc5ccccc5s4)C(OC)C3)C(C)C(O)CC1=O)C(C)CC2OC. The number of hydrogen-bond acceptors (Lipinski definition) is 13. The molecule has 3 aliphatic heterocycles. The van der Waals surface area contributed by atoms with Crippen LogP contribution in [0.4, 0.5) is 0 Å². The number of amides is 1. The summed E-state index contributed by atoms with van der Waals surface area (Å²) in [6.07, 6.45) is 4.77. The number of ketones is 2. The molecule has 360 valence electrons. The molecule has 13 nitrogen and oxygen atoms in total. The highest BCUT2D eigenvalue weighted by Gasteiger charge is 2.56. The van der Waals surface area contributed by atoms with Crippen molar-refractivity contribution in [3.8, 4) is 5.06 Å². The van der Waals surface area contributed by atoms with Gasteiger partial charge in [-0.1, -0.05) is 75.0 Å². The van der Waals surface area contributed by atoms with Gasteiger partial charge in [0.05, 0.1) is 24.4 Å². The third-order valence-corrected chi connectivity index (χ3v) is 15.5. The third-order valence-electron chi connectivity index (χ3n) is 14.5. The van der Waals surface area contributed by atoms with Crippen molar-refractivity contribution < 1.29 is 57.8 Å². The molecule has 6 rings (SSSR count). The van der Waals surface area contributed by atoms with Gasteiger partial charge < -0.3 is 43.5 Å². The monoisotopic (exact) mass is 923 g/mol. The Morgan fingerprint density at radius 1 is 0.923 bits per heavy atom. The molecule has 4 aliphatic rings. The van der Waals surface area contributed by atoms with Gasteiger partial charge in [-0.2, -0.15) is 0 Å². The number of allylic oxidation sites excluding steroid dienone is 3. The van der Waals surface area contributed by atoms with E-state index >= 15 is 0 Å². The van der Waals surface area contributed by atoms with Crippen LogP contribution in [0, 0.1) is 29.6 Å². The first kappa shape index (κ1) is 50.9. The van der Waals surface area contributed by atoms with E-state index in [1.807, 2.05) is 39.0 Å². The van der Waals surface area contributed by atoms with Crippen LogP contribution < -0.4 is 4.74 Å². The lowest BCUT2D eigenvalue weighted by atomic mass is 9.81. The molecular weight excluding hydrogens is 851 g/mol. The van der Waals surface area contributed by atoms with E-state index in [4.69, 9.17) is 28.4 Å². The number of carbonyl (C=O) groups is 4. The number of carbonyl (C=O) groups excluding carboxylic acids is 4. The fourth-order valence-corrected chi connectivity index (χ4v) is 11.6. The zero-order valence-corrected chi connectivity index (χ0v) is 40.7. The fourth-order valence-electron chi connectivity index (χ4n) is 10.7. The Kier molecular flexibility index (Phi) is 17.6. The minimum Gasteiger partial charge on any atom is -0.478 e. The number of esters is 1. The van der Waals surface area contributed by atoms with Crippen molar-refractivity contribution in [1.29, 1.82) is 0 Å². The van der Waals surface area contributed by atoms with E-state index in [1.165, 1.54) is 4.90 Å². The van der Waals surface area contributed by atoms with Crippen LogP contribution in [0.3, 0.4) is 0 Å². The van der Waals surface area contributed by atoms with Crippen LogP contribution in [0.5, 0.6) is 5.06 Å². The fraction of sp³-hybridized carbons (Fsp3) is 0.686. The number of benzene rings is 1. The van der Waals surface area contributed by atoms with Crippen LogP contribution in [0.2, 0.25) is 0 Å². The Labute approximate surface area is 389 Å². The molecule has 1 aromatic heterocycles. The summed E-state index contributed by atoms with van der Waals surface area (Å²) in [5.74, 6) is -7.45. The smallest absolute Gasteiger partial charge is 0.329 e. The van der Waals surface area contributed by atoms with Crippen LogP contribution in [0.15, 0.2) is 53.6 Å². The average Bonchev–Trinajstić information content (AvgIpc) is 3.71. The predicted octanol–water partition coefficient (Wildman–Crippen LogP) is 7.77. The van der Waals surface area contributed by atoms with Gasteiger partial charge in [0.2, 0.25) is 5.79 Å². The molecule has 2 bridgehead atoms. The molecule has 14 unspecified atom stereocenters. The van der Waals surface area contributed by atoms with Gasteiger partial charge in [0.1, 0.15) is 30.1 Å². The molecular formula is C51H73NO12S. The standard InChI is InChI=1S/C51H73NO12S/c1-10-35-22-29(2)21-30(3)23-42(60-8)47-43(61-9)25-32(5)51(58,64-47)48(55)49(56)52-20-14-13-16-37(52)50(57)63-46(33(6)38(53)28-39(35)54)31(4)24-34-18-19-40(41(26-34)59-7)62-45-27-36-15-11-12-17-44(36)65-45/h11-12,15,17,22,24,27,30,32-35,37-38,40-43,46-47,53,58H,10,13-14,16,18-21,23,25-26,28H2,1-9H3/b29-22+,31-24?. The van der Waals surface area contributed by atoms with Gasteiger partial charge in [-0.3, -0.25) is 14.4 Å². The Morgan fingerprint density at radius 3 is 2.32 bits per heavy atom. The van der Waals surface area contributed by atoms with Crippen molar-refractivity contribution in [1.82, 2.24) is 4.90 Å². The quantitative estimate of drug-likeness (QED) is 0.150. The molecule has 1 aromatic carbocycles. The maximum atomic E-state index is 14.5. The van der Waals surface area contributed by atoms with E-state index < -0.39 is 77.8 Å². The number of aliphatic hydroxyl groups is 2. The minimum absolute atomic E-state index is 0.0276. The first-order chi connectivity index (χ1) is 31.0. The number of cyclic esters (lactones) is 1. The van der Waals surface area contributed by atoms with E-state index in [9.17, 15) is 29.4 Å². The van der Waals surface area contributed by atoms with Gasteiger partial charge in [-0.15, -0.1) is 0 Å². The summed E-state index contributed by atoms with van der Waals surface area (Å²) in [7, 11) is 4.77. The number of nitrogens with zero attached hydrogens (tertiary/aromatic N) is 1. The van der Waals surface area contributed by atoms with E-state index in [0.29, 0.717) is 44.1 Å². The number of hydrogen-bond donors (Lipinski definition) is 2. The van der Waals surface area contributed by atoms with Gasteiger partial charge >= 0.3 is 5.97 Å². The van der Waals surface area contributed by atoms with Crippen LogP contribution in [-0.2, 0) is 42.9 Å². The van der Waals surface area contributed by atoms with Gasteiger partial charge in [-0.05, 0) is 113 Å². The van der Waals surface area contributed by atoms with Gasteiger partial charge in [0.15, 0.2) is 5.06 Å². The lowest BCUT2D eigenvalue weighted by Gasteiger charge is -2.47. The summed E-state index contributed by atoms with van der Waals surface area (Å²) in [6, 6.07) is 9.10. The number of rotatable bonds is 8. The lowest BCUT2D eigenvalue weighted by Crippen LogP contribution is -2.64. The molecule has 2 saturated heterocycles. The summed E-state index contributed by atoms with van der Waals surface area (Å²) in [6.45, 7) is 11.4. The zero-order valence-electron chi connectivity index (χ0n) is 39.9. The molecule has 65 heavy (non-hydrogen) atoms. The van der Waals surface area contributed by atoms with Gasteiger partial charge in [-0.25, -0.2) is 4.79 Å². The second-order valence-corrected chi connectivity index (χ2v) is 20.4. The summed E-state index contributed by atoms with van der Waals surface area (Å²) < 4.78 is 38.1. The normalized spacial score (nSPS) is 37.5. The van der Waals surface area contributed by atoms with Crippen molar-refractivity contribution >= 4 is 44.9 Å². The van der Waals surface area contributed by atoms with Gasteiger partial charge in [0.25, 0.3) is 11.7 Å². The average molecular weight is 924 g/mol.